The van der Waals surface area contributed by atoms with Crippen molar-refractivity contribution in [2.75, 3.05) is 0 Å². The van der Waals surface area contributed by atoms with E-state index >= 15 is 0 Å². The largest absolute Gasteiger partial charge is 0.117 e. The maximum Gasteiger partial charge on any atom is 0.0625 e. The minimum absolute atomic E-state index is 0.0688. The molecule has 0 spiro atoms. The zero-order chi connectivity index (χ0) is 14.8. The lowest BCUT2D eigenvalue weighted by Gasteiger charge is -2.18. The topological polar surface area (TPSA) is 0 Å². The van der Waals surface area contributed by atoms with Gasteiger partial charge < -0.3 is 0 Å². The number of rotatable bonds is 3. The number of hydrogen-bond donors (Lipinski definition) is 0. The van der Waals surface area contributed by atoms with Crippen LogP contribution >= 0.6 is 11.6 Å². The predicted molar refractivity (Wildman–Crippen MR) is 91.3 cm³/mol. The van der Waals surface area contributed by atoms with Crippen LogP contribution in [0.5, 0.6) is 0 Å². The summed E-state index contributed by atoms with van der Waals surface area (Å²) in [6.07, 6.45) is 6.01. The first-order valence-corrected chi connectivity index (χ1v) is 8.39. The molecule has 0 N–H and O–H groups in total. The second kappa shape index (κ2) is 6.23. The quantitative estimate of drug-likeness (QED) is 0.637. The van der Waals surface area contributed by atoms with Crippen molar-refractivity contribution in [1.82, 2.24) is 0 Å². The number of alkyl halides is 1. The lowest BCUT2D eigenvalue weighted by atomic mass is 9.89. The maximum atomic E-state index is 6.68. The van der Waals surface area contributed by atoms with Crippen LogP contribution in [-0.2, 0) is 19.3 Å². The van der Waals surface area contributed by atoms with Crippen molar-refractivity contribution in [3.63, 3.8) is 0 Å². The minimum Gasteiger partial charge on any atom is -0.117 e. The molecule has 1 aliphatic carbocycles. The van der Waals surface area contributed by atoms with Gasteiger partial charge in [0.15, 0.2) is 0 Å². The average molecular weight is 299 g/mol. The third-order valence-electron chi connectivity index (χ3n) is 4.72. The summed E-state index contributed by atoms with van der Waals surface area (Å²) in [6.45, 7) is 4.32. The molecule has 21 heavy (non-hydrogen) atoms. The monoisotopic (exact) mass is 298 g/mol. The Kier molecular flexibility index (Phi) is 4.35. The van der Waals surface area contributed by atoms with Crippen LogP contribution in [0.2, 0.25) is 0 Å². The molecular weight excluding hydrogens is 276 g/mol. The van der Waals surface area contributed by atoms with Crippen molar-refractivity contribution in [1.29, 1.82) is 0 Å². The summed E-state index contributed by atoms with van der Waals surface area (Å²) in [5.74, 6) is 0. The van der Waals surface area contributed by atoms with Crippen molar-refractivity contribution < 1.29 is 0 Å². The van der Waals surface area contributed by atoms with E-state index in [0.29, 0.717) is 0 Å². The summed E-state index contributed by atoms with van der Waals surface area (Å²) >= 11 is 6.68. The van der Waals surface area contributed by atoms with Crippen LogP contribution in [0.25, 0.3) is 0 Å². The van der Waals surface area contributed by atoms with E-state index in [2.05, 4.69) is 50.2 Å². The van der Waals surface area contributed by atoms with Gasteiger partial charge in [0.25, 0.3) is 0 Å². The Labute approximate surface area is 133 Å². The van der Waals surface area contributed by atoms with Gasteiger partial charge in [-0.2, -0.15) is 0 Å². The first kappa shape index (κ1) is 14.7. The molecule has 0 saturated carbocycles. The van der Waals surface area contributed by atoms with Crippen molar-refractivity contribution in [3.05, 3.63) is 69.8 Å². The number of benzene rings is 2. The number of aryl methyl sites for hydroxylation is 4. The molecule has 3 rings (SSSR count). The summed E-state index contributed by atoms with van der Waals surface area (Å²) in [4.78, 5) is 0. The van der Waals surface area contributed by atoms with Gasteiger partial charge in [-0.15, -0.1) is 11.6 Å². The van der Waals surface area contributed by atoms with Crippen LogP contribution < -0.4 is 0 Å². The summed E-state index contributed by atoms with van der Waals surface area (Å²) in [5.41, 5.74) is 8.34. The van der Waals surface area contributed by atoms with Gasteiger partial charge in [-0.25, -0.2) is 0 Å². The molecular formula is C20H23Cl. The molecule has 0 radical (unpaired) electrons. The van der Waals surface area contributed by atoms with E-state index in [1.54, 1.807) is 0 Å². The highest BCUT2D eigenvalue weighted by Crippen LogP contribution is 2.30. The molecule has 0 bridgehead atoms. The molecule has 1 heteroatoms. The number of hydrogen-bond acceptors (Lipinski definition) is 0. The molecule has 0 heterocycles. The Morgan fingerprint density at radius 2 is 1.67 bits per heavy atom. The average Bonchev–Trinajstić information content (AvgIpc) is 2.50. The maximum absolute atomic E-state index is 6.68. The van der Waals surface area contributed by atoms with Crippen molar-refractivity contribution in [2.24, 2.45) is 0 Å². The summed E-state index contributed by atoms with van der Waals surface area (Å²) < 4.78 is 0. The minimum atomic E-state index is 0.0688. The molecule has 0 aliphatic heterocycles. The normalized spacial score (nSPS) is 15.6. The molecule has 2 aromatic carbocycles. The SMILES string of the molecule is Cc1ccc(CC(Cl)c2ccc3c(c2)CCCC3)cc1C. The van der Waals surface area contributed by atoms with Crippen LogP contribution in [0.1, 0.15) is 51.6 Å². The van der Waals surface area contributed by atoms with Crippen LogP contribution in [0.4, 0.5) is 0 Å². The third kappa shape index (κ3) is 3.32. The van der Waals surface area contributed by atoms with E-state index in [0.717, 1.165) is 6.42 Å². The molecule has 0 saturated heterocycles. The zero-order valence-corrected chi connectivity index (χ0v) is 13.7. The van der Waals surface area contributed by atoms with E-state index in [1.165, 1.54) is 59.1 Å². The summed E-state index contributed by atoms with van der Waals surface area (Å²) in [7, 11) is 0. The third-order valence-corrected chi connectivity index (χ3v) is 5.13. The smallest absolute Gasteiger partial charge is 0.0625 e. The number of fused-ring (bicyclic) bond motifs is 1. The van der Waals surface area contributed by atoms with E-state index in [4.69, 9.17) is 11.6 Å². The van der Waals surface area contributed by atoms with Gasteiger partial charge in [-0.05, 0) is 79.3 Å². The van der Waals surface area contributed by atoms with E-state index in [9.17, 15) is 0 Å². The highest BCUT2D eigenvalue weighted by molar-refractivity contribution is 6.20. The molecule has 0 fully saturated rings. The molecule has 110 valence electrons. The molecule has 0 nitrogen and oxygen atoms in total. The Balaban J connectivity index is 1.78. The molecule has 0 amide bonds. The fourth-order valence-electron chi connectivity index (χ4n) is 3.20. The van der Waals surface area contributed by atoms with Crippen molar-refractivity contribution in [2.45, 2.75) is 51.3 Å². The molecule has 0 aromatic heterocycles. The van der Waals surface area contributed by atoms with Gasteiger partial charge in [0.1, 0.15) is 0 Å². The van der Waals surface area contributed by atoms with E-state index < -0.39 is 0 Å². The van der Waals surface area contributed by atoms with Crippen molar-refractivity contribution >= 4 is 11.6 Å². The van der Waals surface area contributed by atoms with Crippen LogP contribution in [-0.4, -0.2) is 0 Å². The van der Waals surface area contributed by atoms with Crippen molar-refractivity contribution in [3.8, 4) is 0 Å². The lowest BCUT2D eigenvalue weighted by Crippen LogP contribution is -2.05. The zero-order valence-electron chi connectivity index (χ0n) is 13.0. The van der Waals surface area contributed by atoms with Gasteiger partial charge in [0.2, 0.25) is 0 Å². The van der Waals surface area contributed by atoms with E-state index in [-0.39, 0.29) is 5.38 Å². The second-order valence-electron chi connectivity index (χ2n) is 6.33. The van der Waals surface area contributed by atoms with Gasteiger partial charge in [0.05, 0.1) is 5.38 Å². The Morgan fingerprint density at radius 3 is 2.43 bits per heavy atom. The Hall–Kier alpha value is -1.27. The fraction of sp³-hybridized carbons (Fsp3) is 0.400. The van der Waals surface area contributed by atoms with Crippen LogP contribution in [0.3, 0.4) is 0 Å². The molecule has 1 unspecified atom stereocenters. The van der Waals surface area contributed by atoms with Gasteiger partial charge >= 0.3 is 0 Å². The Morgan fingerprint density at radius 1 is 0.905 bits per heavy atom. The lowest BCUT2D eigenvalue weighted by molar-refractivity contribution is 0.683. The molecule has 1 aliphatic rings. The highest BCUT2D eigenvalue weighted by Gasteiger charge is 2.14. The predicted octanol–water partition coefficient (Wildman–Crippen LogP) is 5.70. The molecule has 1 atom stereocenters. The first-order chi connectivity index (χ1) is 10.1. The van der Waals surface area contributed by atoms with Gasteiger partial charge in [-0.3, -0.25) is 0 Å². The second-order valence-corrected chi connectivity index (χ2v) is 6.85. The highest BCUT2D eigenvalue weighted by atomic mass is 35.5. The first-order valence-electron chi connectivity index (χ1n) is 7.95. The standard InChI is InChI=1S/C20H23Cl/c1-14-7-8-16(11-15(14)2)12-20(21)19-10-9-17-5-3-4-6-18(17)13-19/h7-11,13,20H,3-6,12H2,1-2H3. The Bertz CT molecular complexity index is 642. The fourth-order valence-corrected chi connectivity index (χ4v) is 3.52. The number of halogens is 1. The summed E-state index contributed by atoms with van der Waals surface area (Å²) in [6, 6.07) is 13.5. The van der Waals surface area contributed by atoms with Gasteiger partial charge in [-0.1, -0.05) is 36.4 Å². The van der Waals surface area contributed by atoms with Crippen LogP contribution in [0.15, 0.2) is 36.4 Å². The van der Waals surface area contributed by atoms with E-state index in [1.807, 2.05) is 0 Å². The van der Waals surface area contributed by atoms with Gasteiger partial charge in [0, 0.05) is 0 Å². The summed E-state index contributed by atoms with van der Waals surface area (Å²) in [5, 5.41) is 0.0688. The van der Waals surface area contributed by atoms with Crippen LogP contribution in [0, 0.1) is 13.8 Å². The molecule has 2 aromatic rings.